The third-order valence-corrected chi connectivity index (χ3v) is 6.67. The number of carboxylic acid groups (broad SMARTS) is 2. The van der Waals surface area contributed by atoms with E-state index in [1.54, 1.807) is 30.3 Å². The molecule has 1 aliphatic rings. The first kappa shape index (κ1) is 22.3. The lowest BCUT2D eigenvalue weighted by Gasteiger charge is -2.30. The zero-order valence-electron chi connectivity index (χ0n) is 16.6. The van der Waals surface area contributed by atoms with Crippen molar-refractivity contribution < 1.29 is 28.2 Å². The summed E-state index contributed by atoms with van der Waals surface area (Å²) in [4.78, 5) is 21.2. The Morgan fingerprint density at radius 2 is 1.32 bits per heavy atom. The van der Waals surface area contributed by atoms with Crippen molar-refractivity contribution in [2.45, 2.75) is 9.79 Å². The molecule has 0 unspecified atom stereocenters. The number of carboxylic acids is 2. The molecule has 162 valence electrons. The lowest BCUT2D eigenvalue weighted by Crippen LogP contribution is -2.43. The second-order valence-electron chi connectivity index (χ2n) is 6.79. The predicted molar refractivity (Wildman–Crippen MR) is 116 cm³/mol. The van der Waals surface area contributed by atoms with E-state index in [4.69, 9.17) is 19.8 Å². The Kier molecular flexibility index (Phi) is 6.88. The van der Waals surface area contributed by atoms with Gasteiger partial charge in [-0.25, -0.2) is 18.0 Å². The highest BCUT2D eigenvalue weighted by Gasteiger charge is 2.22. The van der Waals surface area contributed by atoms with E-state index in [2.05, 4.69) is 10.2 Å². The number of carbonyl (C=O) groups is 2. The highest BCUT2D eigenvalue weighted by atomic mass is 32.2. The molecule has 0 amide bonds. The number of sulfone groups is 1. The number of rotatable bonds is 3. The van der Waals surface area contributed by atoms with Crippen LogP contribution in [0.1, 0.15) is 0 Å². The van der Waals surface area contributed by atoms with Crippen LogP contribution in [-0.2, 0) is 19.4 Å². The summed E-state index contributed by atoms with van der Waals surface area (Å²) in [5.41, 5.74) is 1.10. The highest BCUT2D eigenvalue weighted by Crippen LogP contribution is 2.34. The van der Waals surface area contributed by atoms with Crippen LogP contribution in [0.5, 0.6) is 0 Å². The Morgan fingerprint density at radius 3 is 1.90 bits per heavy atom. The molecule has 3 aromatic rings. The summed E-state index contributed by atoms with van der Waals surface area (Å²) in [6.45, 7) is 3.74. The number of nitrogens with zero attached hydrogens (tertiary/aromatic N) is 1. The predicted octanol–water partition coefficient (Wildman–Crippen LogP) is 2.24. The minimum absolute atomic E-state index is 0.329. The Labute approximate surface area is 179 Å². The van der Waals surface area contributed by atoms with E-state index < -0.39 is 21.8 Å². The van der Waals surface area contributed by atoms with E-state index in [1.165, 1.54) is 0 Å². The molecule has 4 rings (SSSR count). The fraction of sp³-hybridized carbons (Fsp3) is 0.182. The smallest absolute Gasteiger partial charge is 0.414 e. The topological polar surface area (TPSA) is 124 Å². The normalized spacial score (nSPS) is 13.9. The van der Waals surface area contributed by atoms with Gasteiger partial charge in [0.1, 0.15) is 0 Å². The Hall–Kier alpha value is -3.43. The monoisotopic (exact) mass is 442 g/mol. The summed E-state index contributed by atoms with van der Waals surface area (Å²) in [6.07, 6.45) is 0. The van der Waals surface area contributed by atoms with E-state index in [1.807, 2.05) is 36.4 Å². The standard InChI is InChI=1S/C20H20N2O2S.C2H2O4/c23-25(24,16-6-2-1-3-7-16)20-11-10-19(22-14-12-21-13-15-22)17-8-4-5-9-18(17)20;3-1(4)2(5)6/h1-11,21H,12-15H2;(H,3,4)(H,5,6). The van der Waals surface area contributed by atoms with Crippen LogP contribution in [0.3, 0.4) is 0 Å². The summed E-state index contributed by atoms with van der Waals surface area (Å²) >= 11 is 0. The van der Waals surface area contributed by atoms with Crippen molar-refractivity contribution >= 4 is 38.2 Å². The van der Waals surface area contributed by atoms with Crippen molar-refractivity contribution in [3.63, 3.8) is 0 Å². The van der Waals surface area contributed by atoms with Crippen LogP contribution in [0.4, 0.5) is 5.69 Å². The van der Waals surface area contributed by atoms with Crippen molar-refractivity contribution in [2.24, 2.45) is 0 Å². The van der Waals surface area contributed by atoms with Crippen LogP contribution in [-0.4, -0.2) is 56.7 Å². The second kappa shape index (κ2) is 9.59. The van der Waals surface area contributed by atoms with Crippen molar-refractivity contribution in [3.05, 3.63) is 66.7 Å². The molecule has 1 aliphatic heterocycles. The number of hydrogen-bond acceptors (Lipinski definition) is 6. The number of benzene rings is 3. The summed E-state index contributed by atoms with van der Waals surface area (Å²) in [5, 5.41) is 19.9. The van der Waals surface area contributed by atoms with E-state index in [0.29, 0.717) is 9.79 Å². The second-order valence-corrected chi connectivity index (χ2v) is 8.71. The average Bonchev–Trinajstić information content (AvgIpc) is 2.80. The van der Waals surface area contributed by atoms with Crippen molar-refractivity contribution in [2.75, 3.05) is 31.1 Å². The first-order valence-corrected chi connectivity index (χ1v) is 11.0. The van der Waals surface area contributed by atoms with Gasteiger partial charge in [-0.3, -0.25) is 0 Å². The molecule has 9 heteroatoms. The van der Waals surface area contributed by atoms with Gasteiger partial charge < -0.3 is 20.4 Å². The minimum Gasteiger partial charge on any atom is -0.473 e. The van der Waals surface area contributed by atoms with Crippen LogP contribution >= 0.6 is 0 Å². The van der Waals surface area contributed by atoms with E-state index in [-0.39, 0.29) is 0 Å². The zero-order valence-corrected chi connectivity index (χ0v) is 17.4. The van der Waals surface area contributed by atoms with Crippen molar-refractivity contribution in [1.29, 1.82) is 0 Å². The molecule has 0 spiro atoms. The molecule has 0 aliphatic carbocycles. The lowest BCUT2D eigenvalue weighted by atomic mass is 10.1. The first-order valence-electron chi connectivity index (χ1n) is 9.56. The summed E-state index contributed by atoms with van der Waals surface area (Å²) in [7, 11) is -3.54. The molecule has 31 heavy (non-hydrogen) atoms. The molecule has 1 fully saturated rings. The average molecular weight is 442 g/mol. The summed E-state index contributed by atoms with van der Waals surface area (Å²) in [6, 6.07) is 20.1. The van der Waals surface area contributed by atoms with Gasteiger partial charge in [0, 0.05) is 42.6 Å². The van der Waals surface area contributed by atoms with Crippen LogP contribution in [0.15, 0.2) is 76.5 Å². The van der Waals surface area contributed by atoms with Crippen LogP contribution < -0.4 is 10.2 Å². The van der Waals surface area contributed by atoms with Gasteiger partial charge >= 0.3 is 11.9 Å². The zero-order chi connectivity index (χ0) is 22.4. The van der Waals surface area contributed by atoms with Gasteiger partial charge in [-0.2, -0.15) is 0 Å². The number of fused-ring (bicyclic) bond motifs is 1. The van der Waals surface area contributed by atoms with Crippen molar-refractivity contribution in [1.82, 2.24) is 5.32 Å². The van der Waals surface area contributed by atoms with E-state index in [9.17, 15) is 8.42 Å². The third-order valence-electron chi connectivity index (χ3n) is 4.84. The lowest BCUT2D eigenvalue weighted by molar-refractivity contribution is -0.159. The van der Waals surface area contributed by atoms with Gasteiger partial charge in [-0.15, -0.1) is 0 Å². The minimum atomic E-state index is -3.54. The number of aliphatic carboxylic acids is 2. The van der Waals surface area contributed by atoms with Crippen LogP contribution in [0.25, 0.3) is 10.8 Å². The quantitative estimate of drug-likeness (QED) is 0.528. The van der Waals surface area contributed by atoms with E-state index >= 15 is 0 Å². The van der Waals surface area contributed by atoms with Crippen LogP contribution in [0.2, 0.25) is 0 Å². The van der Waals surface area contributed by atoms with Gasteiger partial charge in [0.05, 0.1) is 9.79 Å². The number of piperazine rings is 1. The van der Waals surface area contributed by atoms with Gasteiger partial charge in [0.15, 0.2) is 0 Å². The number of nitrogens with one attached hydrogen (secondary N) is 1. The molecule has 0 saturated carbocycles. The number of hydrogen-bond donors (Lipinski definition) is 3. The Bertz CT molecular complexity index is 1180. The molecule has 1 heterocycles. The molecule has 0 atom stereocenters. The van der Waals surface area contributed by atoms with Gasteiger partial charge in [0.25, 0.3) is 0 Å². The molecule has 3 N–H and O–H groups in total. The maximum absolute atomic E-state index is 13.1. The molecule has 3 aromatic carbocycles. The van der Waals surface area contributed by atoms with Gasteiger partial charge in [-0.1, -0.05) is 42.5 Å². The Morgan fingerprint density at radius 1 is 0.774 bits per heavy atom. The summed E-state index contributed by atoms with van der Waals surface area (Å²) in [5.74, 6) is -3.65. The molecule has 8 nitrogen and oxygen atoms in total. The SMILES string of the molecule is O=C(O)C(=O)O.O=S(=O)(c1ccccc1)c1ccc(N2CCNCC2)c2ccccc12. The highest BCUT2D eigenvalue weighted by molar-refractivity contribution is 7.91. The Balaban J connectivity index is 0.000000401. The summed E-state index contributed by atoms with van der Waals surface area (Å²) < 4.78 is 26.2. The van der Waals surface area contributed by atoms with Crippen LogP contribution in [0, 0.1) is 0 Å². The van der Waals surface area contributed by atoms with Gasteiger partial charge in [0.2, 0.25) is 9.84 Å². The van der Waals surface area contributed by atoms with Gasteiger partial charge in [-0.05, 0) is 24.3 Å². The fourth-order valence-electron chi connectivity index (χ4n) is 3.40. The first-order chi connectivity index (χ1) is 14.8. The third kappa shape index (κ3) is 5.01. The largest absolute Gasteiger partial charge is 0.473 e. The molecule has 1 saturated heterocycles. The number of anilines is 1. The maximum atomic E-state index is 13.1. The molecular weight excluding hydrogens is 420 g/mol. The molecular formula is C22H22N2O6S. The van der Waals surface area contributed by atoms with Crippen molar-refractivity contribution in [3.8, 4) is 0 Å². The van der Waals surface area contributed by atoms with E-state index in [0.717, 1.165) is 42.6 Å². The molecule has 0 aromatic heterocycles. The molecule has 0 radical (unpaired) electrons. The fourth-order valence-corrected chi connectivity index (χ4v) is 4.88. The molecule has 0 bridgehead atoms. The maximum Gasteiger partial charge on any atom is 0.414 e.